The minimum absolute atomic E-state index is 0.136. The van der Waals surface area contributed by atoms with Crippen molar-refractivity contribution in [2.45, 2.75) is 31.3 Å². The van der Waals surface area contributed by atoms with E-state index >= 15 is 0 Å². The number of amides is 1. The molecule has 110 valence electrons. The number of nitrogens with zero attached hydrogens (tertiary/aromatic N) is 1. The Labute approximate surface area is 119 Å². The maximum atomic E-state index is 12.4. The van der Waals surface area contributed by atoms with Crippen LogP contribution in [0.4, 0.5) is 5.69 Å². The smallest absolute Gasteiger partial charge is 0.253 e. The molecule has 0 spiro atoms. The van der Waals surface area contributed by atoms with Crippen LogP contribution in [0.3, 0.4) is 0 Å². The number of rotatable bonds is 4. The summed E-state index contributed by atoms with van der Waals surface area (Å²) >= 11 is 0. The Balaban J connectivity index is 2.10. The Bertz CT molecular complexity index is 496. The van der Waals surface area contributed by atoms with Crippen LogP contribution in [0.2, 0.25) is 0 Å². The third-order valence-electron chi connectivity index (χ3n) is 3.89. The summed E-state index contributed by atoms with van der Waals surface area (Å²) in [5.41, 5.74) is 6.02. The molecule has 1 aromatic carbocycles. The lowest BCUT2D eigenvalue weighted by Crippen LogP contribution is -2.42. The van der Waals surface area contributed by atoms with Crippen molar-refractivity contribution in [2.75, 3.05) is 26.4 Å². The molecule has 0 unspecified atom stereocenters. The number of carbonyl (C=O) groups excluding carboxylic acids is 1. The van der Waals surface area contributed by atoms with E-state index in [2.05, 4.69) is 0 Å². The number of anilines is 1. The van der Waals surface area contributed by atoms with Gasteiger partial charge in [-0.25, -0.2) is 0 Å². The number of likely N-dealkylation sites (N-methyl/N-ethyl adjacent to an activating group) is 1. The quantitative estimate of drug-likeness (QED) is 0.821. The first-order chi connectivity index (χ1) is 9.45. The molecule has 3 N–H and O–H groups in total. The number of benzene rings is 1. The van der Waals surface area contributed by atoms with Crippen molar-refractivity contribution >= 4 is 11.6 Å². The first kappa shape index (κ1) is 14.7. The van der Waals surface area contributed by atoms with Crippen molar-refractivity contribution in [3.05, 3.63) is 23.8 Å². The number of aliphatic hydroxyl groups is 1. The molecule has 1 fully saturated rings. The van der Waals surface area contributed by atoms with Gasteiger partial charge in [0.2, 0.25) is 0 Å². The molecule has 5 nitrogen and oxygen atoms in total. The Kier molecular flexibility index (Phi) is 4.18. The van der Waals surface area contributed by atoms with Crippen LogP contribution >= 0.6 is 0 Å². The zero-order valence-corrected chi connectivity index (χ0v) is 12.1. The number of nitrogen functional groups attached to an aromatic ring is 1. The SMILES string of the molecule is COc1cc(C(=O)N(C)CC2(O)CCCC2)ccc1N. The monoisotopic (exact) mass is 278 g/mol. The number of nitrogens with two attached hydrogens (primary N) is 1. The van der Waals surface area contributed by atoms with Crippen molar-refractivity contribution in [1.82, 2.24) is 4.90 Å². The Morgan fingerprint density at radius 2 is 2.10 bits per heavy atom. The molecule has 20 heavy (non-hydrogen) atoms. The lowest BCUT2D eigenvalue weighted by Gasteiger charge is -2.28. The summed E-state index contributed by atoms with van der Waals surface area (Å²) in [6.07, 6.45) is 3.56. The average molecular weight is 278 g/mol. The Morgan fingerprint density at radius 3 is 2.70 bits per heavy atom. The molecule has 2 rings (SSSR count). The van der Waals surface area contributed by atoms with Gasteiger partial charge in [-0.1, -0.05) is 12.8 Å². The van der Waals surface area contributed by atoms with Gasteiger partial charge in [-0.15, -0.1) is 0 Å². The molecule has 5 heteroatoms. The van der Waals surface area contributed by atoms with Gasteiger partial charge in [0.1, 0.15) is 5.75 Å². The second kappa shape index (κ2) is 5.71. The van der Waals surface area contributed by atoms with E-state index in [9.17, 15) is 9.90 Å². The average Bonchev–Trinajstić information content (AvgIpc) is 2.85. The molecule has 1 aromatic rings. The Morgan fingerprint density at radius 1 is 1.45 bits per heavy atom. The van der Waals surface area contributed by atoms with Crippen LogP contribution in [0.15, 0.2) is 18.2 Å². The highest BCUT2D eigenvalue weighted by Crippen LogP contribution is 2.30. The lowest BCUT2D eigenvalue weighted by molar-refractivity contribution is 0.0156. The van der Waals surface area contributed by atoms with Crippen molar-refractivity contribution in [3.63, 3.8) is 0 Å². The van der Waals surface area contributed by atoms with Crippen LogP contribution in [0, 0.1) is 0 Å². The number of hydrogen-bond donors (Lipinski definition) is 2. The summed E-state index contributed by atoms with van der Waals surface area (Å²) < 4.78 is 5.12. The minimum atomic E-state index is -0.734. The van der Waals surface area contributed by atoms with Crippen LogP contribution in [-0.2, 0) is 0 Å². The summed E-state index contributed by atoms with van der Waals surface area (Å²) in [7, 11) is 3.23. The minimum Gasteiger partial charge on any atom is -0.495 e. The molecule has 0 radical (unpaired) electrons. The van der Waals surface area contributed by atoms with Crippen LogP contribution in [0.1, 0.15) is 36.0 Å². The third kappa shape index (κ3) is 3.04. The van der Waals surface area contributed by atoms with Crippen LogP contribution < -0.4 is 10.5 Å². The first-order valence-electron chi connectivity index (χ1n) is 6.86. The standard InChI is InChI=1S/C15H22N2O3/c1-17(10-15(19)7-3-4-8-15)14(18)11-5-6-12(16)13(9-11)20-2/h5-6,9,19H,3-4,7-8,10,16H2,1-2H3. The molecule has 1 saturated carbocycles. The predicted octanol–water partition coefficient (Wildman–Crippen LogP) is 1.65. The molecule has 0 bridgehead atoms. The van der Waals surface area contributed by atoms with Crippen LogP contribution in [-0.4, -0.2) is 42.2 Å². The molecule has 0 atom stereocenters. The fourth-order valence-electron chi connectivity index (χ4n) is 2.77. The molecule has 0 aliphatic heterocycles. The van der Waals surface area contributed by atoms with Crippen molar-refractivity contribution < 1.29 is 14.6 Å². The van der Waals surface area contributed by atoms with E-state index in [4.69, 9.17) is 10.5 Å². The summed E-state index contributed by atoms with van der Waals surface area (Å²) in [5, 5.41) is 10.4. The molecular formula is C15H22N2O3. The Hall–Kier alpha value is -1.75. The van der Waals surface area contributed by atoms with E-state index in [0.717, 1.165) is 25.7 Å². The maximum Gasteiger partial charge on any atom is 0.253 e. The number of carbonyl (C=O) groups is 1. The largest absolute Gasteiger partial charge is 0.495 e. The van der Waals surface area contributed by atoms with E-state index < -0.39 is 5.60 Å². The van der Waals surface area contributed by atoms with E-state index in [0.29, 0.717) is 23.5 Å². The first-order valence-corrected chi connectivity index (χ1v) is 6.86. The zero-order valence-electron chi connectivity index (χ0n) is 12.1. The molecule has 0 heterocycles. The molecule has 0 aromatic heterocycles. The van der Waals surface area contributed by atoms with Gasteiger partial charge < -0.3 is 20.5 Å². The van der Waals surface area contributed by atoms with Crippen molar-refractivity contribution in [1.29, 1.82) is 0 Å². The summed E-state index contributed by atoms with van der Waals surface area (Å²) in [5.74, 6) is 0.354. The van der Waals surface area contributed by atoms with Crippen LogP contribution in [0.5, 0.6) is 5.75 Å². The van der Waals surface area contributed by atoms with Crippen molar-refractivity contribution in [2.24, 2.45) is 0 Å². The molecule has 1 aliphatic rings. The number of methoxy groups -OCH3 is 1. The van der Waals surface area contributed by atoms with E-state index in [1.54, 1.807) is 30.1 Å². The van der Waals surface area contributed by atoms with E-state index in [1.165, 1.54) is 7.11 Å². The third-order valence-corrected chi connectivity index (χ3v) is 3.89. The molecular weight excluding hydrogens is 256 g/mol. The number of ether oxygens (including phenoxy) is 1. The fourth-order valence-corrected chi connectivity index (χ4v) is 2.77. The van der Waals surface area contributed by atoms with Gasteiger partial charge in [0.05, 0.1) is 18.4 Å². The predicted molar refractivity (Wildman–Crippen MR) is 77.8 cm³/mol. The second-order valence-electron chi connectivity index (χ2n) is 5.55. The summed E-state index contributed by atoms with van der Waals surface area (Å²) in [6, 6.07) is 4.96. The summed E-state index contributed by atoms with van der Waals surface area (Å²) in [4.78, 5) is 13.9. The topological polar surface area (TPSA) is 75.8 Å². The maximum absolute atomic E-state index is 12.4. The highest BCUT2D eigenvalue weighted by Gasteiger charge is 2.33. The second-order valence-corrected chi connectivity index (χ2v) is 5.55. The normalized spacial score (nSPS) is 16.9. The van der Waals surface area contributed by atoms with Crippen molar-refractivity contribution in [3.8, 4) is 5.75 Å². The van der Waals surface area contributed by atoms with Gasteiger partial charge in [-0.2, -0.15) is 0 Å². The molecule has 1 aliphatic carbocycles. The summed E-state index contributed by atoms with van der Waals surface area (Å²) in [6.45, 7) is 0.360. The molecule has 0 saturated heterocycles. The van der Waals surface area contributed by atoms with E-state index in [1.807, 2.05) is 0 Å². The fraction of sp³-hybridized carbons (Fsp3) is 0.533. The van der Waals surface area contributed by atoms with Gasteiger partial charge in [-0.3, -0.25) is 4.79 Å². The van der Waals surface area contributed by atoms with Crippen LogP contribution in [0.25, 0.3) is 0 Å². The molecule has 1 amide bonds. The zero-order chi connectivity index (χ0) is 14.8. The van der Waals surface area contributed by atoms with Gasteiger partial charge >= 0.3 is 0 Å². The highest BCUT2D eigenvalue weighted by atomic mass is 16.5. The lowest BCUT2D eigenvalue weighted by atomic mass is 10.0. The van der Waals surface area contributed by atoms with E-state index in [-0.39, 0.29) is 5.91 Å². The van der Waals surface area contributed by atoms with Gasteiger partial charge in [0, 0.05) is 19.2 Å². The van der Waals surface area contributed by atoms with Gasteiger partial charge in [0.15, 0.2) is 0 Å². The number of hydrogen-bond acceptors (Lipinski definition) is 4. The van der Waals surface area contributed by atoms with Gasteiger partial charge in [0.25, 0.3) is 5.91 Å². The highest BCUT2D eigenvalue weighted by molar-refractivity contribution is 5.95. The van der Waals surface area contributed by atoms with Gasteiger partial charge in [-0.05, 0) is 31.0 Å².